The highest BCUT2D eigenvalue weighted by atomic mass is 32.2. The van der Waals surface area contributed by atoms with Crippen LogP contribution in [-0.2, 0) is 27.5 Å². The molecule has 1 amide bonds. The molecule has 0 saturated heterocycles. The molecule has 0 aliphatic heterocycles. The molecule has 258 valence electrons. The lowest BCUT2D eigenvalue weighted by atomic mass is 9.89. The van der Waals surface area contributed by atoms with Gasteiger partial charge in [-0.1, -0.05) is 99.7 Å². The van der Waals surface area contributed by atoms with E-state index in [2.05, 4.69) is 32.2 Å². The number of hydrogen-bond acceptors (Lipinski definition) is 4. The van der Waals surface area contributed by atoms with E-state index in [4.69, 9.17) is 4.55 Å². The van der Waals surface area contributed by atoms with Gasteiger partial charge >= 0.3 is 6.18 Å². The zero-order valence-corrected chi connectivity index (χ0v) is 28.7. The van der Waals surface area contributed by atoms with Gasteiger partial charge in [0.25, 0.3) is 10.1 Å². The molecule has 0 saturated carbocycles. The van der Waals surface area contributed by atoms with Crippen LogP contribution in [0.3, 0.4) is 0 Å². The van der Waals surface area contributed by atoms with E-state index in [0.717, 1.165) is 28.8 Å². The van der Waals surface area contributed by atoms with Gasteiger partial charge in [0.1, 0.15) is 0 Å². The average molecular weight is 692 g/mol. The second kappa shape index (κ2) is 15.3. The number of aryl methyl sites for hydroxylation is 1. The van der Waals surface area contributed by atoms with Crippen molar-refractivity contribution in [3.05, 3.63) is 130 Å². The van der Waals surface area contributed by atoms with Crippen molar-refractivity contribution in [2.24, 2.45) is 5.41 Å². The molecule has 2 N–H and O–H groups in total. The third-order valence-electron chi connectivity index (χ3n) is 7.94. The minimum absolute atomic E-state index is 0.00654. The number of allylic oxidation sites excluding steroid dienone is 1. The Labute approximate surface area is 285 Å². The van der Waals surface area contributed by atoms with Crippen LogP contribution in [0.5, 0.6) is 0 Å². The monoisotopic (exact) mass is 691 g/mol. The molecule has 4 aromatic rings. The van der Waals surface area contributed by atoms with E-state index in [0.29, 0.717) is 34.4 Å². The molecule has 0 radical (unpaired) electrons. The van der Waals surface area contributed by atoms with Gasteiger partial charge in [-0.05, 0) is 82.8 Å². The minimum atomic E-state index is -4.43. The molecule has 0 aromatic heterocycles. The predicted molar refractivity (Wildman–Crippen MR) is 188 cm³/mol. The van der Waals surface area contributed by atoms with Crippen molar-refractivity contribution in [3.8, 4) is 11.1 Å². The molecule has 1 atom stereocenters. The van der Waals surface area contributed by atoms with E-state index in [1.165, 1.54) is 6.07 Å². The van der Waals surface area contributed by atoms with Gasteiger partial charge in [0.15, 0.2) is 5.78 Å². The number of halogens is 3. The van der Waals surface area contributed by atoms with Gasteiger partial charge in [0.05, 0.1) is 17.2 Å². The highest BCUT2D eigenvalue weighted by molar-refractivity contribution is 7.85. The number of Topliss-reactive ketones (excluding diaryl/α,β-unsaturated/α-hetero) is 1. The number of alkyl halides is 3. The smallest absolute Gasteiger partial charge is 0.326 e. The molecule has 0 spiro atoms. The molecule has 49 heavy (non-hydrogen) atoms. The van der Waals surface area contributed by atoms with Crippen molar-refractivity contribution in [1.82, 2.24) is 0 Å². The van der Waals surface area contributed by atoms with E-state index in [1.807, 2.05) is 30.3 Å². The summed E-state index contributed by atoms with van der Waals surface area (Å²) in [5, 5.41) is 2.99. The summed E-state index contributed by atoms with van der Waals surface area (Å²) >= 11 is 0. The minimum Gasteiger partial charge on any atom is -0.326 e. The van der Waals surface area contributed by atoms with Crippen molar-refractivity contribution in [3.63, 3.8) is 0 Å². The molecule has 0 heterocycles. The first-order chi connectivity index (χ1) is 22.9. The van der Waals surface area contributed by atoms with Gasteiger partial charge in [0.2, 0.25) is 5.91 Å². The molecule has 0 aliphatic rings. The van der Waals surface area contributed by atoms with Gasteiger partial charge in [0, 0.05) is 17.7 Å². The highest BCUT2D eigenvalue weighted by Crippen LogP contribution is 2.34. The summed E-state index contributed by atoms with van der Waals surface area (Å²) in [4.78, 5) is 26.5. The lowest BCUT2D eigenvalue weighted by molar-refractivity contribution is -0.137. The molecular weight excluding hydrogens is 651 g/mol. The molecule has 10 heteroatoms. The van der Waals surface area contributed by atoms with Crippen molar-refractivity contribution >= 4 is 33.6 Å². The molecule has 0 bridgehead atoms. The fraction of sp³-hybridized carbons (Fsp3) is 0.282. The van der Waals surface area contributed by atoms with Crippen LogP contribution in [0.4, 0.5) is 18.9 Å². The molecular formula is C39H40F3NO5S. The Morgan fingerprint density at radius 2 is 1.57 bits per heavy atom. The number of benzene rings is 4. The summed E-state index contributed by atoms with van der Waals surface area (Å²) in [5.74, 6) is -1.62. The Morgan fingerprint density at radius 3 is 2.16 bits per heavy atom. The number of ketones is 1. The predicted octanol–water partition coefficient (Wildman–Crippen LogP) is 9.56. The number of hydrogen-bond donors (Lipinski definition) is 2. The van der Waals surface area contributed by atoms with Crippen LogP contribution < -0.4 is 5.32 Å². The van der Waals surface area contributed by atoms with Crippen molar-refractivity contribution < 1.29 is 35.7 Å². The Morgan fingerprint density at radius 1 is 0.898 bits per heavy atom. The normalized spacial score (nSPS) is 13.0. The van der Waals surface area contributed by atoms with E-state index in [-0.39, 0.29) is 29.9 Å². The maximum Gasteiger partial charge on any atom is 0.416 e. The fourth-order valence-corrected chi connectivity index (χ4v) is 5.84. The Bertz CT molecular complexity index is 1930. The SMILES string of the molecule is Cc1cc(C(F)(F)F)ccc1-c1ccc(NC(=O)C(Cc2ccc(C(=O)CCCS(=O)(=O)O)cc2)c2cccc(/C=C/C(C)(C)C)c2)cc1. The van der Waals surface area contributed by atoms with Gasteiger partial charge < -0.3 is 5.32 Å². The van der Waals surface area contributed by atoms with E-state index in [9.17, 15) is 31.2 Å². The zero-order chi connectivity index (χ0) is 36.0. The maximum absolute atomic E-state index is 13.9. The van der Waals surface area contributed by atoms with E-state index >= 15 is 0 Å². The Hall–Kier alpha value is -4.54. The second-order valence-electron chi connectivity index (χ2n) is 13.2. The number of anilines is 1. The molecule has 0 aliphatic carbocycles. The van der Waals surface area contributed by atoms with Gasteiger partial charge in [-0.15, -0.1) is 0 Å². The van der Waals surface area contributed by atoms with Crippen LogP contribution in [0.2, 0.25) is 0 Å². The van der Waals surface area contributed by atoms with Crippen LogP contribution in [0.25, 0.3) is 17.2 Å². The Kier molecular flexibility index (Phi) is 11.7. The second-order valence-corrected chi connectivity index (χ2v) is 14.8. The molecule has 6 nitrogen and oxygen atoms in total. The standard InChI is InChI=1S/C39H40F3NO5S/c1-26-23-32(39(40,41)42)16-19-34(26)29-14-17-33(18-15-29)43-37(45)35(31-8-5-7-27(24-31)20-21-38(2,3)4)25-28-10-12-30(13-11-28)36(44)9-6-22-49(46,47)48/h5,7-8,10-21,23-24,35H,6,9,22,25H2,1-4H3,(H,43,45)(H,46,47,48)/b21-20+. The third kappa shape index (κ3) is 11.3. The molecule has 4 aromatic carbocycles. The zero-order valence-electron chi connectivity index (χ0n) is 27.8. The number of rotatable bonds is 12. The quantitative estimate of drug-likeness (QED) is 0.114. The van der Waals surface area contributed by atoms with Crippen molar-refractivity contribution in [1.29, 1.82) is 0 Å². The van der Waals surface area contributed by atoms with E-state index < -0.39 is 33.5 Å². The topological polar surface area (TPSA) is 101 Å². The van der Waals surface area contributed by atoms with E-state index in [1.54, 1.807) is 55.5 Å². The first-order valence-electron chi connectivity index (χ1n) is 15.8. The summed E-state index contributed by atoms with van der Waals surface area (Å²) in [6, 6.07) is 25.1. The third-order valence-corrected chi connectivity index (χ3v) is 8.75. The van der Waals surface area contributed by atoms with Crippen LogP contribution in [0.1, 0.15) is 77.7 Å². The highest BCUT2D eigenvalue weighted by Gasteiger charge is 2.30. The largest absolute Gasteiger partial charge is 0.416 e. The molecule has 0 fully saturated rings. The lowest BCUT2D eigenvalue weighted by Crippen LogP contribution is -2.23. The summed E-state index contributed by atoms with van der Waals surface area (Å²) in [6.45, 7) is 7.91. The first kappa shape index (κ1) is 37.3. The van der Waals surface area contributed by atoms with Crippen molar-refractivity contribution in [2.75, 3.05) is 11.1 Å². The van der Waals surface area contributed by atoms with Crippen LogP contribution in [0.15, 0.2) is 97.1 Å². The number of carbonyl (C=O) groups excluding carboxylic acids is 2. The van der Waals surface area contributed by atoms with Gasteiger partial charge in [-0.3, -0.25) is 14.1 Å². The average Bonchev–Trinajstić information content (AvgIpc) is 3.02. The summed E-state index contributed by atoms with van der Waals surface area (Å²) in [5.41, 5.74) is 4.56. The van der Waals surface area contributed by atoms with Gasteiger partial charge in [-0.2, -0.15) is 21.6 Å². The van der Waals surface area contributed by atoms with Crippen LogP contribution >= 0.6 is 0 Å². The van der Waals surface area contributed by atoms with Gasteiger partial charge in [-0.25, -0.2) is 0 Å². The van der Waals surface area contributed by atoms with Crippen LogP contribution in [-0.4, -0.2) is 30.4 Å². The summed E-state index contributed by atoms with van der Waals surface area (Å²) in [6.07, 6.45) is -0.0271. The number of nitrogens with one attached hydrogen (secondary N) is 1. The lowest BCUT2D eigenvalue weighted by Gasteiger charge is -2.19. The van der Waals surface area contributed by atoms with Crippen molar-refractivity contribution in [2.45, 2.75) is 59.1 Å². The maximum atomic E-state index is 13.9. The van der Waals surface area contributed by atoms with Crippen LogP contribution in [0, 0.1) is 12.3 Å². The number of amides is 1. The Balaban J connectivity index is 1.57. The number of carbonyl (C=O) groups is 2. The molecule has 1 unspecified atom stereocenters. The summed E-state index contributed by atoms with van der Waals surface area (Å²) < 4.78 is 70.4. The first-order valence-corrected chi connectivity index (χ1v) is 17.4. The molecule has 4 rings (SSSR count). The summed E-state index contributed by atoms with van der Waals surface area (Å²) in [7, 11) is -4.14. The fourth-order valence-electron chi connectivity index (χ4n) is 5.34.